The van der Waals surface area contributed by atoms with E-state index in [1.54, 1.807) is 31.4 Å². The lowest BCUT2D eigenvalue weighted by Crippen LogP contribution is -2.40. The summed E-state index contributed by atoms with van der Waals surface area (Å²) in [4.78, 5) is 19.1. The fraction of sp³-hybridized carbons (Fsp3) is 0.619. The van der Waals surface area contributed by atoms with Crippen LogP contribution in [0.1, 0.15) is 26.2 Å². The van der Waals surface area contributed by atoms with E-state index < -0.39 is 0 Å². The van der Waals surface area contributed by atoms with Gasteiger partial charge >= 0.3 is 0 Å². The minimum atomic E-state index is -0.0121. The SMILES string of the molecule is CCNC(=NCCCC(=O)Nc1ccc(Cl)cc1)N1CCC(COCCOC)C1.I. The van der Waals surface area contributed by atoms with E-state index in [4.69, 9.17) is 26.1 Å². The Kier molecular flexibility index (Phi) is 14.1. The number of likely N-dealkylation sites (tertiary alicyclic amines) is 1. The van der Waals surface area contributed by atoms with Gasteiger partial charge in [0.15, 0.2) is 5.96 Å². The molecule has 1 aromatic carbocycles. The number of amides is 1. The minimum absolute atomic E-state index is 0. The third-order valence-electron chi connectivity index (χ3n) is 4.66. The first-order valence-electron chi connectivity index (χ1n) is 10.3. The van der Waals surface area contributed by atoms with Crippen molar-refractivity contribution in [2.24, 2.45) is 10.9 Å². The van der Waals surface area contributed by atoms with Gasteiger partial charge in [0.25, 0.3) is 0 Å². The standard InChI is InChI=1S/C21H33ClN4O3.HI/c1-3-23-21(26-12-10-17(15-26)16-29-14-13-28-2)24-11-4-5-20(27)25-19-8-6-18(22)7-9-19;/h6-9,17H,3-5,10-16H2,1-2H3,(H,23,24)(H,25,27);1H. The Morgan fingerprint density at radius 3 is 2.77 bits per heavy atom. The van der Waals surface area contributed by atoms with Crippen molar-refractivity contribution >= 4 is 53.1 Å². The molecule has 1 aliphatic rings. The first kappa shape index (κ1) is 26.9. The highest BCUT2D eigenvalue weighted by Crippen LogP contribution is 2.17. The summed E-state index contributed by atoms with van der Waals surface area (Å²) < 4.78 is 10.7. The molecule has 1 amide bonds. The molecular formula is C21H34ClIN4O3. The zero-order valence-corrected chi connectivity index (χ0v) is 20.9. The molecule has 7 nitrogen and oxygen atoms in total. The van der Waals surface area contributed by atoms with Crippen molar-refractivity contribution in [2.45, 2.75) is 26.2 Å². The highest BCUT2D eigenvalue weighted by Gasteiger charge is 2.24. The van der Waals surface area contributed by atoms with E-state index in [1.165, 1.54) is 0 Å². The maximum absolute atomic E-state index is 12.1. The lowest BCUT2D eigenvalue weighted by molar-refractivity contribution is -0.116. The number of guanidine groups is 1. The Hall–Kier alpha value is -1.10. The van der Waals surface area contributed by atoms with Crippen molar-refractivity contribution in [3.8, 4) is 0 Å². The van der Waals surface area contributed by atoms with Crippen LogP contribution in [0.15, 0.2) is 29.3 Å². The van der Waals surface area contributed by atoms with Crippen LogP contribution in [0.2, 0.25) is 5.02 Å². The predicted molar refractivity (Wildman–Crippen MR) is 133 cm³/mol. The van der Waals surface area contributed by atoms with Gasteiger partial charge in [0.1, 0.15) is 0 Å². The van der Waals surface area contributed by atoms with Crippen LogP contribution in [0.4, 0.5) is 5.69 Å². The average Bonchev–Trinajstić information content (AvgIpc) is 3.18. The number of nitrogens with one attached hydrogen (secondary N) is 2. The van der Waals surface area contributed by atoms with Crippen LogP contribution in [0.3, 0.4) is 0 Å². The Labute approximate surface area is 201 Å². The van der Waals surface area contributed by atoms with Crippen molar-refractivity contribution in [1.29, 1.82) is 0 Å². The molecule has 1 saturated heterocycles. The Morgan fingerprint density at radius 1 is 1.30 bits per heavy atom. The number of anilines is 1. The molecule has 1 fully saturated rings. The highest BCUT2D eigenvalue weighted by molar-refractivity contribution is 14.0. The second kappa shape index (κ2) is 15.7. The van der Waals surface area contributed by atoms with Crippen LogP contribution in [0.25, 0.3) is 0 Å². The number of methoxy groups -OCH3 is 1. The number of aliphatic imine (C=N–C) groups is 1. The molecule has 170 valence electrons. The molecule has 9 heteroatoms. The molecule has 0 aliphatic carbocycles. The van der Waals surface area contributed by atoms with Gasteiger partial charge in [0, 0.05) is 56.3 Å². The Balaban J connectivity index is 0.00000450. The largest absolute Gasteiger partial charge is 0.382 e. The fourth-order valence-corrected chi connectivity index (χ4v) is 3.29. The number of carbonyl (C=O) groups excluding carboxylic acids is 1. The molecule has 0 radical (unpaired) electrons. The monoisotopic (exact) mass is 552 g/mol. The number of hydrogen-bond donors (Lipinski definition) is 2. The van der Waals surface area contributed by atoms with Crippen molar-refractivity contribution in [1.82, 2.24) is 10.2 Å². The van der Waals surface area contributed by atoms with Gasteiger partial charge in [-0.1, -0.05) is 11.6 Å². The minimum Gasteiger partial charge on any atom is -0.382 e. The number of ether oxygens (including phenoxy) is 2. The summed E-state index contributed by atoms with van der Waals surface area (Å²) in [7, 11) is 1.68. The summed E-state index contributed by atoms with van der Waals surface area (Å²) in [6.07, 6.45) is 2.23. The Morgan fingerprint density at radius 2 is 2.07 bits per heavy atom. The molecule has 1 aliphatic heterocycles. The van der Waals surface area contributed by atoms with E-state index in [1.807, 2.05) is 0 Å². The summed E-state index contributed by atoms with van der Waals surface area (Å²) in [5.41, 5.74) is 0.757. The molecule has 1 unspecified atom stereocenters. The quantitative estimate of drug-likeness (QED) is 0.190. The van der Waals surface area contributed by atoms with E-state index >= 15 is 0 Å². The van der Waals surface area contributed by atoms with Crippen molar-refractivity contribution in [3.05, 3.63) is 29.3 Å². The molecule has 0 bridgehead atoms. The summed E-state index contributed by atoms with van der Waals surface area (Å²) in [6, 6.07) is 7.11. The molecule has 0 spiro atoms. The van der Waals surface area contributed by atoms with Gasteiger partial charge in [-0.05, 0) is 44.0 Å². The Bertz CT molecular complexity index is 646. The lowest BCUT2D eigenvalue weighted by atomic mass is 10.1. The lowest BCUT2D eigenvalue weighted by Gasteiger charge is -2.21. The van der Waals surface area contributed by atoms with Crippen LogP contribution in [-0.4, -0.2) is 69.9 Å². The third-order valence-corrected chi connectivity index (χ3v) is 4.91. The van der Waals surface area contributed by atoms with Gasteiger partial charge < -0.3 is 25.0 Å². The highest BCUT2D eigenvalue weighted by atomic mass is 127. The maximum atomic E-state index is 12.1. The van der Waals surface area contributed by atoms with E-state index in [2.05, 4.69) is 22.5 Å². The first-order chi connectivity index (χ1) is 14.1. The maximum Gasteiger partial charge on any atom is 0.224 e. The second-order valence-electron chi connectivity index (χ2n) is 7.06. The molecule has 2 rings (SSSR count). The number of hydrogen-bond acceptors (Lipinski definition) is 4. The van der Waals surface area contributed by atoms with Crippen LogP contribution in [-0.2, 0) is 14.3 Å². The van der Waals surface area contributed by atoms with Crippen LogP contribution in [0.5, 0.6) is 0 Å². The molecular weight excluding hydrogens is 519 g/mol. The summed E-state index contributed by atoms with van der Waals surface area (Å²) >= 11 is 5.86. The van der Waals surface area contributed by atoms with Gasteiger partial charge in [0.2, 0.25) is 5.91 Å². The average molecular weight is 553 g/mol. The summed E-state index contributed by atoms with van der Waals surface area (Å²) in [6.45, 7) is 7.44. The number of carbonyl (C=O) groups is 1. The van der Waals surface area contributed by atoms with E-state index in [-0.39, 0.29) is 29.9 Å². The van der Waals surface area contributed by atoms with Gasteiger partial charge in [-0.25, -0.2) is 0 Å². The van der Waals surface area contributed by atoms with E-state index in [0.29, 0.717) is 43.5 Å². The summed E-state index contributed by atoms with van der Waals surface area (Å²) in [5.74, 6) is 1.42. The predicted octanol–water partition coefficient (Wildman–Crippen LogP) is 3.63. The van der Waals surface area contributed by atoms with Crippen molar-refractivity contribution in [3.63, 3.8) is 0 Å². The second-order valence-corrected chi connectivity index (χ2v) is 7.50. The first-order valence-corrected chi connectivity index (χ1v) is 10.7. The number of rotatable bonds is 11. The normalized spacial score (nSPS) is 16.3. The van der Waals surface area contributed by atoms with Crippen molar-refractivity contribution in [2.75, 3.05) is 58.4 Å². The smallest absolute Gasteiger partial charge is 0.224 e. The van der Waals surface area contributed by atoms with E-state index in [9.17, 15) is 4.79 Å². The van der Waals surface area contributed by atoms with Gasteiger partial charge in [-0.3, -0.25) is 9.79 Å². The third kappa shape index (κ3) is 10.3. The number of halogens is 2. The summed E-state index contributed by atoms with van der Waals surface area (Å²) in [5, 5.41) is 6.89. The van der Waals surface area contributed by atoms with Crippen LogP contribution < -0.4 is 10.6 Å². The number of nitrogens with zero attached hydrogens (tertiary/aromatic N) is 2. The van der Waals surface area contributed by atoms with Crippen LogP contribution >= 0.6 is 35.6 Å². The molecule has 30 heavy (non-hydrogen) atoms. The zero-order valence-electron chi connectivity index (χ0n) is 17.9. The molecule has 1 aromatic rings. The van der Waals surface area contributed by atoms with Gasteiger partial charge in [0.05, 0.1) is 19.8 Å². The fourth-order valence-electron chi connectivity index (χ4n) is 3.16. The van der Waals surface area contributed by atoms with Crippen LogP contribution in [0, 0.1) is 5.92 Å². The molecule has 2 N–H and O–H groups in total. The molecule has 1 heterocycles. The zero-order chi connectivity index (χ0) is 20.9. The number of benzene rings is 1. The van der Waals surface area contributed by atoms with E-state index in [0.717, 1.165) is 44.3 Å². The van der Waals surface area contributed by atoms with Crippen molar-refractivity contribution < 1.29 is 14.3 Å². The molecule has 0 saturated carbocycles. The topological polar surface area (TPSA) is 75.2 Å². The molecule has 0 aromatic heterocycles. The molecule has 1 atom stereocenters. The van der Waals surface area contributed by atoms with Gasteiger partial charge in [-0.2, -0.15) is 0 Å². The van der Waals surface area contributed by atoms with Gasteiger partial charge in [-0.15, -0.1) is 24.0 Å².